The Morgan fingerprint density at radius 3 is 2.36 bits per heavy atom. The molecule has 2 fully saturated rings. The summed E-state index contributed by atoms with van der Waals surface area (Å²) in [6.45, 7) is 3.74. The van der Waals surface area contributed by atoms with Crippen LogP contribution in [0.2, 0.25) is 0 Å². The van der Waals surface area contributed by atoms with Gasteiger partial charge in [-0.15, -0.1) is 0 Å². The molecular formula is C21H30N2O2. The summed E-state index contributed by atoms with van der Waals surface area (Å²) >= 11 is 0. The minimum absolute atomic E-state index is 0.194. The predicted octanol–water partition coefficient (Wildman–Crippen LogP) is 2.65. The number of hydrogen-bond acceptors (Lipinski definition) is 3. The normalized spacial score (nSPS) is 26.4. The molecule has 4 heteroatoms. The first-order valence-corrected chi connectivity index (χ1v) is 9.87. The summed E-state index contributed by atoms with van der Waals surface area (Å²) in [7, 11) is 1.77. The molecule has 2 saturated heterocycles. The number of benzene rings is 1. The van der Waals surface area contributed by atoms with Gasteiger partial charge in [0.25, 0.3) is 0 Å². The van der Waals surface area contributed by atoms with Gasteiger partial charge >= 0.3 is 0 Å². The van der Waals surface area contributed by atoms with Gasteiger partial charge in [-0.25, -0.2) is 0 Å². The second-order valence-electron chi connectivity index (χ2n) is 7.95. The van der Waals surface area contributed by atoms with Crippen molar-refractivity contribution >= 4 is 5.91 Å². The summed E-state index contributed by atoms with van der Waals surface area (Å²) in [5, 5.41) is 0. The number of ether oxygens (including phenoxy) is 1. The Labute approximate surface area is 151 Å². The van der Waals surface area contributed by atoms with Crippen LogP contribution < -0.4 is 0 Å². The number of carbonyl (C=O) groups is 1. The molecule has 0 aromatic heterocycles. The molecule has 2 heterocycles. The SMILES string of the molecule is CO[C@@H]1CCCN(C(=O)C2(N3CCCCC3)Cc3ccccc3C2)C1. The lowest BCUT2D eigenvalue weighted by Crippen LogP contribution is -2.63. The van der Waals surface area contributed by atoms with E-state index in [-0.39, 0.29) is 11.6 Å². The van der Waals surface area contributed by atoms with Gasteiger partial charge in [-0.3, -0.25) is 9.69 Å². The number of nitrogens with zero attached hydrogens (tertiary/aromatic N) is 2. The summed E-state index contributed by atoms with van der Waals surface area (Å²) in [5.41, 5.74) is 2.36. The van der Waals surface area contributed by atoms with Crippen molar-refractivity contribution in [2.45, 2.75) is 56.6 Å². The summed E-state index contributed by atoms with van der Waals surface area (Å²) in [5.74, 6) is 0.340. The molecule has 1 aromatic rings. The van der Waals surface area contributed by atoms with E-state index < -0.39 is 0 Å². The average molecular weight is 342 g/mol. The van der Waals surface area contributed by atoms with Crippen LogP contribution in [0, 0.1) is 0 Å². The van der Waals surface area contributed by atoms with Gasteiger partial charge in [0, 0.05) is 33.0 Å². The molecule has 0 radical (unpaired) electrons. The monoisotopic (exact) mass is 342 g/mol. The fourth-order valence-corrected chi connectivity index (χ4v) is 5.04. The minimum atomic E-state index is -0.361. The van der Waals surface area contributed by atoms with Gasteiger partial charge in [-0.05, 0) is 49.9 Å². The highest BCUT2D eigenvalue weighted by Gasteiger charge is 2.50. The number of methoxy groups -OCH3 is 1. The van der Waals surface area contributed by atoms with Crippen molar-refractivity contribution in [3.63, 3.8) is 0 Å². The zero-order chi connectivity index (χ0) is 17.3. The summed E-state index contributed by atoms with van der Waals surface area (Å²) in [6, 6.07) is 8.64. The van der Waals surface area contributed by atoms with Gasteiger partial charge in [-0.2, -0.15) is 0 Å². The minimum Gasteiger partial charge on any atom is -0.380 e. The molecule has 3 aliphatic rings. The maximum atomic E-state index is 13.8. The van der Waals surface area contributed by atoms with Crippen LogP contribution in [-0.4, -0.2) is 60.6 Å². The Hall–Kier alpha value is -1.39. The molecule has 4 rings (SSSR count). The summed E-state index contributed by atoms with van der Waals surface area (Å²) in [6.07, 6.45) is 7.78. The third-order valence-corrected chi connectivity index (χ3v) is 6.44. The third kappa shape index (κ3) is 3.11. The van der Waals surface area contributed by atoms with Crippen LogP contribution in [0.3, 0.4) is 0 Å². The largest absolute Gasteiger partial charge is 0.380 e. The number of amides is 1. The molecule has 25 heavy (non-hydrogen) atoms. The van der Waals surface area contributed by atoms with Crippen LogP contribution in [0.1, 0.15) is 43.2 Å². The highest BCUT2D eigenvalue weighted by Crippen LogP contribution is 2.38. The Kier molecular flexibility index (Phi) is 4.83. The zero-order valence-corrected chi connectivity index (χ0v) is 15.4. The Balaban J connectivity index is 1.63. The third-order valence-electron chi connectivity index (χ3n) is 6.44. The first kappa shape index (κ1) is 17.0. The quantitative estimate of drug-likeness (QED) is 0.847. The number of likely N-dealkylation sites (tertiary alicyclic amines) is 2. The van der Waals surface area contributed by atoms with Crippen molar-refractivity contribution in [1.29, 1.82) is 0 Å². The average Bonchev–Trinajstić information content (AvgIpc) is 3.09. The van der Waals surface area contributed by atoms with E-state index >= 15 is 0 Å². The van der Waals surface area contributed by atoms with Crippen molar-refractivity contribution in [2.24, 2.45) is 0 Å². The van der Waals surface area contributed by atoms with Gasteiger partial charge in [0.2, 0.25) is 5.91 Å². The molecule has 0 bridgehead atoms. The van der Waals surface area contributed by atoms with E-state index in [0.29, 0.717) is 5.91 Å². The lowest BCUT2D eigenvalue weighted by Gasteiger charge is -2.46. The van der Waals surface area contributed by atoms with Gasteiger partial charge in [0.05, 0.1) is 6.10 Å². The highest BCUT2D eigenvalue weighted by atomic mass is 16.5. The van der Waals surface area contributed by atoms with Crippen molar-refractivity contribution in [3.05, 3.63) is 35.4 Å². The maximum absolute atomic E-state index is 13.8. The lowest BCUT2D eigenvalue weighted by atomic mass is 9.88. The van der Waals surface area contributed by atoms with E-state index in [1.54, 1.807) is 7.11 Å². The predicted molar refractivity (Wildman–Crippen MR) is 98.6 cm³/mol. The number of rotatable bonds is 3. The molecule has 4 nitrogen and oxygen atoms in total. The molecule has 0 spiro atoms. The summed E-state index contributed by atoms with van der Waals surface area (Å²) in [4.78, 5) is 18.4. The Bertz CT molecular complexity index is 599. The van der Waals surface area contributed by atoms with Crippen LogP contribution in [0.15, 0.2) is 24.3 Å². The molecule has 1 aliphatic carbocycles. The maximum Gasteiger partial charge on any atom is 0.243 e. The lowest BCUT2D eigenvalue weighted by molar-refractivity contribution is -0.148. The van der Waals surface area contributed by atoms with Gasteiger partial charge < -0.3 is 9.64 Å². The van der Waals surface area contributed by atoms with Crippen molar-refractivity contribution in [1.82, 2.24) is 9.80 Å². The Morgan fingerprint density at radius 1 is 1.04 bits per heavy atom. The topological polar surface area (TPSA) is 32.8 Å². The fourth-order valence-electron chi connectivity index (χ4n) is 5.04. The van der Waals surface area contributed by atoms with Gasteiger partial charge in [-0.1, -0.05) is 30.7 Å². The van der Waals surface area contributed by atoms with Crippen LogP contribution in [0.5, 0.6) is 0 Å². The molecule has 1 aromatic carbocycles. The highest BCUT2D eigenvalue weighted by molar-refractivity contribution is 5.88. The van der Waals surface area contributed by atoms with E-state index in [4.69, 9.17) is 4.74 Å². The van der Waals surface area contributed by atoms with Gasteiger partial charge in [0.1, 0.15) is 5.54 Å². The van der Waals surface area contributed by atoms with E-state index in [1.807, 2.05) is 0 Å². The molecule has 2 aliphatic heterocycles. The molecule has 1 amide bonds. The van der Waals surface area contributed by atoms with Crippen LogP contribution in [-0.2, 0) is 22.4 Å². The number of piperidine rings is 2. The van der Waals surface area contributed by atoms with Crippen molar-refractivity contribution < 1.29 is 9.53 Å². The van der Waals surface area contributed by atoms with Crippen LogP contribution in [0.25, 0.3) is 0 Å². The molecule has 136 valence electrons. The van der Waals surface area contributed by atoms with E-state index in [2.05, 4.69) is 34.1 Å². The van der Waals surface area contributed by atoms with E-state index in [0.717, 1.165) is 51.9 Å². The second kappa shape index (κ2) is 7.08. The number of hydrogen-bond donors (Lipinski definition) is 0. The molecule has 0 N–H and O–H groups in total. The first-order valence-electron chi connectivity index (χ1n) is 9.87. The first-order chi connectivity index (χ1) is 12.2. The summed E-state index contributed by atoms with van der Waals surface area (Å²) < 4.78 is 5.57. The zero-order valence-electron chi connectivity index (χ0n) is 15.4. The molecule has 1 atom stereocenters. The van der Waals surface area contributed by atoms with Crippen molar-refractivity contribution in [2.75, 3.05) is 33.3 Å². The smallest absolute Gasteiger partial charge is 0.243 e. The van der Waals surface area contributed by atoms with Crippen LogP contribution in [0.4, 0.5) is 0 Å². The Morgan fingerprint density at radius 2 is 1.72 bits per heavy atom. The number of fused-ring (bicyclic) bond motifs is 1. The fraction of sp³-hybridized carbons (Fsp3) is 0.667. The molecular weight excluding hydrogens is 312 g/mol. The molecule has 0 unspecified atom stereocenters. The van der Waals surface area contributed by atoms with Gasteiger partial charge in [0.15, 0.2) is 0 Å². The van der Waals surface area contributed by atoms with E-state index in [9.17, 15) is 4.79 Å². The number of carbonyl (C=O) groups excluding carboxylic acids is 1. The molecule has 0 saturated carbocycles. The van der Waals surface area contributed by atoms with Crippen molar-refractivity contribution in [3.8, 4) is 0 Å². The van der Waals surface area contributed by atoms with E-state index in [1.165, 1.54) is 30.4 Å². The second-order valence-corrected chi connectivity index (χ2v) is 7.95. The standard InChI is InChI=1S/C21H30N2O2/c1-25-19-10-7-11-22(16-19)20(24)21(23-12-5-2-6-13-23)14-17-8-3-4-9-18(17)15-21/h3-4,8-9,19H,2,5-7,10-16H2,1H3/t19-/m1/s1. The van der Waals surface area contributed by atoms with Crippen LogP contribution >= 0.6 is 0 Å².